The van der Waals surface area contributed by atoms with Gasteiger partial charge in [0, 0.05) is 4.43 Å². The van der Waals surface area contributed by atoms with Crippen molar-refractivity contribution in [1.82, 2.24) is 0 Å². The first-order valence-corrected chi connectivity index (χ1v) is 5.91. The van der Waals surface area contributed by atoms with Gasteiger partial charge in [0.05, 0.1) is 0 Å². The second kappa shape index (κ2) is 7.14. The molecule has 0 rings (SSSR count). The topological polar surface area (TPSA) is 0 Å². The van der Waals surface area contributed by atoms with Crippen molar-refractivity contribution in [1.29, 1.82) is 0 Å². The SMILES string of the molecule is C/C(=C\CI)CCCC(C)C. The maximum absolute atomic E-state index is 2.39. The Morgan fingerprint density at radius 3 is 2.55 bits per heavy atom. The summed E-state index contributed by atoms with van der Waals surface area (Å²) in [6.45, 7) is 6.81. The van der Waals surface area contributed by atoms with E-state index in [9.17, 15) is 0 Å². The van der Waals surface area contributed by atoms with Gasteiger partial charge < -0.3 is 0 Å². The van der Waals surface area contributed by atoms with E-state index in [0.29, 0.717) is 0 Å². The van der Waals surface area contributed by atoms with Crippen molar-refractivity contribution in [2.75, 3.05) is 4.43 Å². The van der Waals surface area contributed by atoms with Crippen LogP contribution in [0.2, 0.25) is 0 Å². The van der Waals surface area contributed by atoms with Gasteiger partial charge in [-0.3, -0.25) is 0 Å². The smallest absolute Gasteiger partial charge is 0.0178 e. The highest BCUT2D eigenvalue weighted by atomic mass is 127. The highest BCUT2D eigenvalue weighted by Gasteiger charge is 1.94. The highest BCUT2D eigenvalue weighted by Crippen LogP contribution is 2.11. The standard InChI is InChI=1S/C10H19I/c1-9(2)5-4-6-10(3)7-8-11/h7,9H,4-6,8H2,1-3H3/b10-7+. The number of allylic oxidation sites excluding steroid dienone is 2. The zero-order valence-electron chi connectivity index (χ0n) is 7.86. The fourth-order valence-corrected chi connectivity index (χ4v) is 1.77. The first-order chi connectivity index (χ1) is 5.16. The van der Waals surface area contributed by atoms with Gasteiger partial charge in [0.25, 0.3) is 0 Å². The predicted octanol–water partition coefficient (Wildman–Crippen LogP) is 4.19. The van der Waals surface area contributed by atoms with E-state index in [-0.39, 0.29) is 0 Å². The van der Waals surface area contributed by atoms with Crippen LogP contribution in [0, 0.1) is 5.92 Å². The monoisotopic (exact) mass is 266 g/mol. The predicted molar refractivity (Wildman–Crippen MR) is 61.3 cm³/mol. The zero-order valence-corrected chi connectivity index (χ0v) is 10.0. The second-order valence-corrected chi connectivity index (χ2v) is 4.37. The van der Waals surface area contributed by atoms with Gasteiger partial charge in [-0.05, 0) is 25.7 Å². The van der Waals surface area contributed by atoms with Gasteiger partial charge in [0.15, 0.2) is 0 Å². The molecule has 0 aliphatic heterocycles. The van der Waals surface area contributed by atoms with Crippen LogP contribution in [-0.4, -0.2) is 4.43 Å². The minimum Gasteiger partial charge on any atom is -0.0818 e. The van der Waals surface area contributed by atoms with Crippen LogP contribution < -0.4 is 0 Å². The number of alkyl halides is 1. The molecule has 11 heavy (non-hydrogen) atoms. The normalized spacial score (nSPS) is 12.6. The van der Waals surface area contributed by atoms with Crippen molar-refractivity contribution in [3.63, 3.8) is 0 Å². The summed E-state index contributed by atoms with van der Waals surface area (Å²) in [5.74, 6) is 0.863. The van der Waals surface area contributed by atoms with Gasteiger partial charge in [-0.2, -0.15) is 0 Å². The first kappa shape index (κ1) is 11.5. The third-order valence-corrected chi connectivity index (χ3v) is 2.22. The van der Waals surface area contributed by atoms with E-state index in [1.54, 1.807) is 5.57 Å². The molecule has 1 heteroatoms. The molecule has 0 aromatic heterocycles. The fourth-order valence-electron chi connectivity index (χ4n) is 1.02. The zero-order chi connectivity index (χ0) is 8.69. The Balaban J connectivity index is 3.31. The van der Waals surface area contributed by atoms with Gasteiger partial charge in [0.2, 0.25) is 0 Å². The van der Waals surface area contributed by atoms with Crippen molar-refractivity contribution in [3.05, 3.63) is 11.6 Å². The van der Waals surface area contributed by atoms with Gasteiger partial charge in [-0.15, -0.1) is 0 Å². The molecule has 0 heterocycles. The maximum atomic E-state index is 2.39. The Labute approximate surface area is 84.6 Å². The minimum absolute atomic E-state index is 0.863. The fraction of sp³-hybridized carbons (Fsp3) is 0.800. The molecule has 66 valence electrons. The second-order valence-electron chi connectivity index (χ2n) is 3.49. The summed E-state index contributed by atoms with van der Waals surface area (Å²) in [5.41, 5.74) is 1.56. The van der Waals surface area contributed by atoms with E-state index in [1.807, 2.05) is 0 Å². The summed E-state index contributed by atoms with van der Waals surface area (Å²) in [5, 5.41) is 0. The van der Waals surface area contributed by atoms with Crippen LogP contribution in [0.1, 0.15) is 40.0 Å². The highest BCUT2D eigenvalue weighted by molar-refractivity contribution is 14.1. The van der Waals surface area contributed by atoms with E-state index < -0.39 is 0 Å². The largest absolute Gasteiger partial charge is 0.0818 e. The molecule has 0 aromatic carbocycles. The van der Waals surface area contributed by atoms with E-state index in [4.69, 9.17) is 0 Å². The molecular weight excluding hydrogens is 247 g/mol. The molecule has 0 nitrogen and oxygen atoms in total. The van der Waals surface area contributed by atoms with Gasteiger partial charge in [0.1, 0.15) is 0 Å². The number of hydrogen-bond donors (Lipinski definition) is 0. The molecular formula is C10H19I. The van der Waals surface area contributed by atoms with Gasteiger partial charge >= 0.3 is 0 Å². The average molecular weight is 266 g/mol. The summed E-state index contributed by atoms with van der Waals surface area (Å²) < 4.78 is 1.16. The van der Waals surface area contributed by atoms with Crippen molar-refractivity contribution in [2.45, 2.75) is 40.0 Å². The molecule has 0 spiro atoms. The molecule has 0 fully saturated rings. The summed E-state index contributed by atoms with van der Waals surface area (Å²) in [6.07, 6.45) is 6.34. The molecule has 0 N–H and O–H groups in total. The number of hydrogen-bond acceptors (Lipinski definition) is 0. The summed E-state index contributed by atoms with van der Waals surface area (Å²) in [6, 6.07) is 0. The summed E-state index contributed by atoms with van der Waals surface area (Å²) in [4.78, 5) is 0. The van der Waals surface area contributed by atoms with Crippen LogP contribution in [0.4, 0.5) is 0 Å². The first-order valence-electron chi connectivity index (χ1n) is 4.38. The Morgan fingerprint density at radius 1 is 1.45 bits per heavy atom. The quantitative estimate of drug-likeness (QED) is 0.397. The Morgan fingerprint density at radius 2 is 2.09 bits per heavy atom. The lowest BCUT2D eigenvalue weighted by atomic mass is 10.0. The van der Waals surface area contributed by atoms with Crippen molar-refractivity contribution >= 4 is 22.6 Å². The number of halogens is 1. The van der Waals surface area contributed by atoms with Crippen LogP contribution in [0.5, 0.6) is 0 Å². The van der Waals surface area contributed by atoms with Crippen molar-refractivity contribution in [3.8, 4) is 0 Å². The van der Waals surface area contributed by atoms with E-state index in [0.717, 1.165) is 10.3 Å². The summed E-state index contributed by atoms with van der Waals surface area (Å²) >= 11 is 2.39. The molecule has 0 saturated carbocycles. The Kier molecular flexibility index (Phi) is 7.44. The van der Waals surface area contributed by atoms with Crippen molar-refractivity contribution in [2.24, 2.45) is 5.92 Å². The third kappa shape index (κ3) is 8.38. The molecule has 0 atom stereocenters. The van der Waals surface area contributed by atoms with E-state index in [2.05, 4.69) is 49.4 Å². The lowest BCUT2D eigenvalue weighted by Gasteiger charge is -2.03. The molecule has 0 amide bonds. The van der Waals surface area contributed by atoms with E-state index >= 15 is 0 Å². The molecule has 0 radical (unpaired) electrons. The maximum Gasteiger partial charge on any atom is 0.0178 e. The molecule has 0 unspecified atom stereocenters. The minimum atomic E-state index is 0.863. The molecule has 0 aromatic rings. The van der Waals surface area contributed by atoms with Crippen molar-refractivity contribution < 1.29 is 0 Å². The average Bonchev–Trinajstić information content (AvgIpc) is 1.87. The third-order valence-electron chi connectivity index (χ3n) is 1.78. The van der Waals surface area contributed by atoms with Crippen LogP contribution in [0.3, 0.4) is 0 Å². The summed E-state index contributed by atoms with van der Waals surface area (Å²) in [7, 11) is 0. The Bertz CT molecular complexity index is 114. The molecule has 0 aliphatic rings. The van der Waals surface area contributed by atoms with Crippen LogP contribution in [0.25, 0.3) is 0 Å². The van der Waals surface area contributed by atoms with E-state index in [1.165, 1.54) is 19.3 Å². The number of rotatable bonds is 5. The lowest BCUT2D eigenvalue weighted by Crippen LogP contribution is -1.87. The lowest BCUT2D eigenvalue weighted by molar-refractivity contribution is 0.554. The molecule has 0 aliphatic carbocycles. The Hall–Kier alpha value is 0.470. The van der Waals surface area contributed by atoms with Gasteiger partial charge in [-0.25, -0.2) is 0 Å². The van der Waals surface area contributed by atoms with Crippen LogP contribution in [0.15, 0.2) is 11.6 Å². The van der Waals surface area contributed by atoms with Crippen LogP contribution in [-0.2, 0) is 0 Å². The molecule has 0 saturated heterocycles. The van der Waals surface area contributed by atoms with Crippen LogP contribution >= 0.6 is 22.6 Å². The molecule has 0 bridgehead atoms. The van der Waals surface area contributed by atoms with Gasteiger partial charge in [-0.1, -0.05) is 54.5 Å².